The first-order chi connectivity index (χ1) is 15.5. The smallest absolute Gasteiger partial charge is 0.338 e. The molecule has 2 atom stereocenters. The first-order valence-corrected chi connectivity index (χ1v) is 12.0. The lowest BCUT2D eigenvalue weighted by Crippen LogP contribution is -2.38. The summed E-state index contributed by atoms with van der Waals surface area (Å²) >= 11 is 7.57. The molecule has 0 unspecified atom stereocenters. The maximum atomic E-state index is 12.8. The van der Waals surface area contributed by atoms with Crippen LogP contribution in [0.1, 0.15) is 44.2 Å². The number of methoxy groups -OCH3 is 1. The number of esters is 1. The Morgan fingerprint density at radius 3 is 2.78 bits per heavy atom. The molecule has 1 aromatic carbocycles. The van der Waals surface area contributed by atoms with Crippen LogP contribution in [0.2, 0.25) is 5.02 Å². The van der Waals surface area contributed by atoms with Gasteiger partial charge in [0.1, 0.15) is 0 Å². The van der Waals surface area contributed by atoms with Crippen LogP contribution in [0.4, 0.5) is 0 Å². The Hall–Kier alpha value is -2.29. The van der Waals surface area contributed by atoms with Crippen LogP contribution in [0.5, 0.6) is 0 Å². The minimum atomic E-state index is -0.450. The molecule has 9 heteroatoms. The Bertz CT molecular complexity index is 983. The molecule has 1 amide bonds. The molecule has 0 aliphatic carbocycles. The number of hydrogen-bond acceptors (Lipinski definition) is 7. The number of carbonyl (C=O) groups excluding carboxylic acids is 2. The molecular formula is C23H26ClN3O4S. The molecule has 0 radical (unpaired) electrons. The van der Waals surface area contributed by atoms with Gasteiger partial charge in [-0.1, -0.05) is 42.4 Å². The molecule has 3 aliphatic heterocycles. The van der Waals surface area contributed by atoms with Gasteiger partial charge in [-0.15, -0.1) is 0 Å². The van der Waals surface area contributed by atoms with E-state index < -0.39 is 12.0 Å². The van der Waals surface area contributed by atoms with Gasteiger partial charge in [-0.25, -0.2) is 9.79 Å². The van der Waals surface area contributed by atoms with Crippen LogP contribution in [-0.4, -0.2) is 48.3 Å². The van der Waals surface area contributed by atoms with Gasteiger partial charge in [-0.2, -0.15) is 0 Å². The highest BCUT2D eigenvalue weighted by Crippen LogP contribution is 2.45. The number of thioether (sulfide) groups is 1. The van der Waals surface area contributed by atoms with E-state index in [1.165, 1.54) is 18.9 Å². The summed E-state index contributed by atoms with van der Waals surface area (Å²) in [5, 5.41) is 6.26. The zero-order chi connectivity index (χ0) is 22.7. The number of nitrogens with zero attached hydrogens (tertiary/aromatic N) is 2. The average Bonchev–Trinajstić information content (AvgIpc) is 3.46. The number of carbonyl (C=O) groups is 2. The van der Waals surface area contributed by atoms with E-state index >= 15 is 0 Å². The van der Waals surface area contributed by atoms with E-state index in [1.807, 2.05) is 29.4 Å². The summed E-state index contributed by atoms with van der Waals surface area (Å²) in [5.41, 5.74) is 2.83. The normalized spacial score (nSPS) is 22.4. The van der Waals surface area contributed by atoms with Crippen LogP contribution in [0.25, 0.3) is 0 Å². The van der Waals surface area contributed by atoms with Gasteiger partial charge in [0, 0.05) is 23.9 Å². The van der Waals surface area contributed by atoms with Crippen molar-refractivity contribution in [2.45, 2.75) is 44.8 Å². The van der Waals surface area contributed by atoms with Crippen molar-refractivity contribution >= 4 is 40.4 Å². The van der Waals surface area contributed by atoms with Crippen molar-refractivity contribution in [3.8, 4) is 0 Å². The number of aliphatic imine (C=N–C) groups is 1. The van der Waals surface area contributed by atoms with Gasteiger partial charge >= 0.3 is 5.97 Å². The molecular weight excluding hydrogens is 450 g/mol. The number of fused-ring (bicyclic) bond motifs is 1. The predicted molar refractivity (Wildman–Crippen MR) is 125 cm³/mol. The van der Waals surface area contributed by atoms with Crippen molar-refractivity contribution in [2.24, 2.45) is 4.99 Å². The lowest BCUT2D eigenvalue weighted by atomic mass is 9.93. The molecule has 1 aromatic rings. The van der Waals surface area contributed by atoms with E-state index in [4.69, 9.17) is 26.1 Å². The first-order valence-electron chi connectivity index (χ1n) is 10.7. The number of allylic oxidation sites excluding steroid dienone is 1. The van der Waals surface area contributed by atoms with Crippen molar-refractivity contribution < 1.29 is 19.1 Å². The number of amides is 1. The fourth-order valence-corrected chi connectivity index (χ4v) is 5.20. The third-order valence-corrected chi connectivity index (χ3v) is 6.85. The second kappa shape index (κ2) is 10.1. The fourth-order valence-electron chi connectivity index (χ4n) is 4.13. The van der Waals surface area contributed by atoms with E-state index in [9.17, 15) is 9.59 Å². The summed E-state index contributed by atoms with van der Waals surface area (Å²) in [4.78, 5) is 32.2. The monoisotopic (exact) mass is 475 g/mol. The Labute approximate surface area is 196 Å². The number of hydrogen-bond donors (Lipinski definition) is 1. The van der Waals surface area contributed by atoms with Crippen molar-refractivity contribution in [3.05, 3.63) is 57.2 Å². The van der Waals surface area contributed by atoms with E-state index in [-0.39, 0.29) is 18.4 Å². The van der Waals surface area contributed by atoms with Crippen LogP contribution in [-0.2, 0) is 19.1 Å². The number of nitrogens with one attached hydrogen (secondary N) is 1. The van der Waals surface area contributed by atoms with E-state index in [0.29, 0.717) is 29.3 Å². The first kappa shape index (κ1) is 22.9. The van der Waals surface area contributed by atoms with Gasteiger partial charge in [0.05, 0.1) is 36.9 Å². The second-order valence-corrected chi connectivity index (χ2v) is 9.04. The van der Waals surface area contributed by atoms with Crippen LogP contribution in [0, 0.1) is 0 Å². The van der Waals surface area contributed by atoms with Crippen molar-refractivity contribution in [1.82, 2.24) is 10.2 Å². The van der Waals surface area contributed by atoms with Crippen molar-refractivity contribution in [3.63, 3.8) is 0 Å². The zero-order valence-electron chi connectivity index (χ0n) is 18.1. The van der Waals surface area contributed by atoms with Crippen LogP contribution < -0.4 is 5.32 Å². The summed E-state index contributed by atoms with van der Waals surface area (Å²) in [5.74, 6) is -0.517. The Morgan fingerprint density at radius 1 is 1.34 bits per heavy atom. The third-order valence-electron chi connectivity index (χ3n) is 5.71. The maximum Gasteiger partial charge on any atom is 0.338 e. The Kier molecular flexibility index (Phi) is 7.23. The van der Waals surface area contributed by atoms with E-state index in [2.05, 4.69) is 5.32 Å². The molecule has 0 bridgehead atoms. The largest absolute Gasteiger partial charge is 0.466 e. The average molecular weight is 476 g/mol. The van der Waals surface area contributed by atoms with Gasteiger partial charge < -0.3 is 19.7 Å². The van der Waals surface area contributed by atoms with Gasteiger partial charge in [-0.3, -0.25) is 4.79 Å². The highest BCUT2D eigenvalue weighted by atomic mass is 35.5. The molecule has 0 saturated carbocycles. The zero-order valence-corrected chi connectivity index (χ0v) is 19.7. The number of rotatable bonds is 7. The molecule has 0 spiro atoms. The van der Waals surface area contributed by atoms with Crippen molar-refractivity contribution in [1.29, 1.82) is 0 Å². The molecule has 1 N–H and O–H groups in total. The minimum Gasteiger partial charge on any atom is -0.466 e. The third kappa shape index (κ3) is 4.72. The van der Waals surface area contributed by atoms with Crippen LogP contribution >= 0.6 is 23.4 Å². The Morgan fingerprint density at radius 2 is 2.12 bits per heavy atom. The molecule has 3 aliphatic rings. The molecule has 4 rings (SSSR count). The summed E-state index contributed by atoms with van der Waals surface area (Å²) in [6, 6.07) is 6.93. The standard InChI is InChI=1S/C23H26ClN3O4S/c1-3-18-20(22(29)30-2)21(14-6-8-15(24)9-7-14)27-16(13-32-23(27)26-18)11-19(28)25-12-17-5-4-10-31-17/h6-9,13,17,21H,3-5,10-12H2,1-2H3,(H,25,28)/t17-,21-/m1/s1. The number of ether oxygens (including phenoxy) is 2. The van der Waals surface area contributed by atoms with Gasteiger partial charge in [0.25, 0.3) is 0 Å². The quantitative estimate of drug-likeness (QED) is 0.596. The minimum absolute atomic E-state index is 0.0841. The topological polar surface area (TPSA) is 80.2 Å². The van der Waals surface area contributed by atoms with Crippen LogP contribution in [0.3, 0.4) is 0 Å². The lowest BCUT2D eigenvalue weighted by Gasteiger charge is -2.36. The Balaban J connectivity index is 1.62. The summed E-state index contributed by atoms with van der Waals surface area (Å²) in [7, 11) is 1.37. The molecule has 3 heterocycles. The van der Waals surface area contributed by atoms with E-state index in [1.54, 1.807) is 12.1 Å². The fraction of sp³-hybridized carbons (Fsp3) is 0.435. The van der Waals surface area contributed by atoms with Gasteiger partial charge in [0.2, 0.25) is 5.91 Å². The van der Waals surface area contributed by atoms with E-state index in [0.717, 1.165) is 35.9 Å². The number of halogens is 1. The predicted octanol–water partition coefficient (Wildman–Crippen LogP) is 4.16. The number of benzene rings is 1. The lowest BCUT2D eigenvalue weighted by molar-refractivity contribution is -0.136. The number of amidine groups is 1. The maximum absolute atomic E-state index is 12.8. The highest BCUT2D eigenvalue weighted by molar-refractivity contribution is 8.16. The molecule has 0 aromatic heterocycles. The second-order valence-electron chi connectivity index (χ2n) is 7.77. The molecule has 1 fully saturated rings. The molecule has 32 heavy (non-hydrogen) atoms. The van der Waals surface area contributed by atoms with Crippen molar-refractivity contribution in [2.75, 3.05) is 20.3 Å². The summed E-state index contributed by atoms with van der Waals surface area (Å²) < 4.78 is 10.7. The SMILES string of the molecule is CCC1=C(C(=O)OC)[C@@H](c2ccc(Cl)cc2)N2C(CC(=O)NC[C@H]3CCCO3)=CSC2=N1. The molecule has 7 nitrogen and oxygen atoms in total. The molecule has 1 saturated heterocycles. The molecule has 170 valence electrons. The summed E-state index contributed by atoms with van der Waals surface area (Å²) in [6.45, 7) is 3.22. The summed E-state index contributed by atoms with van der Waals surface area (Å²) in [6.07, 6.45) is 2.84. The van der Waals surface area contributed by atoms with Gasteiger partial charge in [-0.05, 0) is 42.4 Å². The van der Waals surface area contributed by atoms with Crippen LogP contribution in [0.15, 0.2) is 51.6 Å². The van der Waals surface area contributed by atoms with Gasteiger partial charge in [0.15, 0.2) is 5.17 Å². The highest BCUT2D eigenvalue weighted by Gasteiger charge is 2.41.